The largest absolute Gasteiger partial charge is 0.240 e. The molecule has 0 aromatic heterocycles. The van der Waals surface area contributed by atoms with Crippen LogP contribution in [0.2, 0.25) is 0 Å². The van der Waals surface area contributed by atoms with Crippen LogP contribution in [0.5, 0.6) is 0 Å². The molecule has 0 amide bonds. The molecule has 0 unspecified atom stereocenters. The van der Waals surface area contributed by atoms with E-state index in [4.69, 9.17) is 0 Å². The monoisotopic (exact) mass is 269 g/mol. The Kier molecular flexibility index (Phi) is 6.36. The van der Waals surface area contributed by atoms with E-state index in [1.807, 2.05) is 19.9 Å². The highest BCUT2D eigenvalue weighted by Gasteiger charge is 2.21. The first-order valence-corrected chi connectivity index (χ1v) is 8.24. The van der Waals surface area contributed by atoms with Crippen LogP contribution in [-0.2, 0) is 10.0 Å². The Balaban J connectivity index is 0.000000771. The Morgan fingerprint density at radius 2 is 1.56 bits per heavy atom. The summed E-state index contributed by atoms with van der Waals surface area (Å²) in [5.41, 5.74) is 0. The number of rotatable bonds is 3. The van der Waals surface area contributed by atoms with Crippen molar-refractivity contribution in [2.75, 3.05) is 0 Å². The lowest BCUT2D eigenvalue weighted by Crippen LogP contribution is -2.36. The van der Waals surface area contributed by atoms with Crippen LogP contribution < -0.4 is 4.72 Å². The van der Waals surface area contributed by atoms with Gasteiger partial charge in [0.15, 0.2) is 0 Å². The average Bonchev–Trinajstić information content (AvgIpc) is 2.43. The Hall–Kier alpha value is -0.870. The fourth-order valence-corrected chi connectivity index (χ4v) is 3.43. The summed E-state index contributed by atoms with van der Waals surface area (Å²) in [6, 6.07) is 8.69. The second kappa shape index (κ2) is 7.54. The van der Waals surface area contributed by atoms with Crippen LogP contribution in [0.25, 0.3) is 0 Å². The van der Waals surface area contributed by atoms with E-state index in [9.17, 15) is 8.42 Å². The lowest BCUT2D eigenvalue weighted by molar-refractivity contribution is 0.412. The summed E-state index contributed by atoms with van der Waals surface area (Å²) in [6.07, 6.45) is 5.41. The Bertz CT molecular complexity index is 422. The standard InChI is InChI=1S/C12H17NO2S.C2H6/c14-16(15,12-9-5-2-6-10-12)13-11-7-3-1-4-8-11;1-2/h2,5-6,9-11,13H,1,3-4,7-8H2;1-2H3. The molecule has 0 radical (unpaired) electrons. The zero-order valence-electron chi connectivity index (χ0n) is 11.2. The van der Waals surface area contributed by atoms with E-state index in [1.54, 1.807) is 24.3 Å². The highest BCUT2D eigenvalue weighted by molar-refractivity contribution is 7.89. The molecule has 1 aromatic rings. The fraction of sp³-hybridized carbons (Fsp3) is 0.571. The number of nitrogens with one attached hydrogen (secondary N) is 1. The lowest BCUT2D eigenvalue weighted by Gasteiger charge is -2.22. The van der Waals surface area contributed by atoms with Crippen LogP contribution in [0.4, 0.5) is 0 Å². The van der Waals surface area contributed by atoms with Crippen molar-refractivity contribution < 1.29 is 8.42 Å². The molecular formula is C14H23NO2S. The minimum Gasteiger partial charge on any atom is -0.208 e. The molecule has 0 spiro atoms. The van der Waals surface area contributed by atoms with Crippen molar-refractivity contribution in [2.45, 2.75) is 56.9 Å². The summed E-state index contributed by atoms with van der Waals surface area (Å²) < 4.78 is 26.8. The summed E-state index contributed by atoms with van der Waals surface area (Å²) in [7, 11) is -3.31. The van der Waals surface area contributed by atoms with Gasteiger partial charge in [-0.25, -0.2) is 13.1 Å². The van der Waals surface area contributed by atoms with E-state index in [-0.39, 0.29) is 6.04 Å². The highest BCUT2D eigenvalue weighted by Crippen LogP contribution is 2.19. The molecule has 0 saturated heterocycles. The smallest absolute Gasteiger partial charge is 0.208 e. The molecule has 2 rings (SSSR count). The van der Waals surface area contributed by atoms with E-state index in [1.165, 1.54) is 6.42 Å². The Morgan fingerprint density at radius 3 is 2.11 bits per heavy atom. The maximum atomic E-state index is 12.0. The minimum atomic E-state index is -3.31. The fourth-order valence-electron chi connectivity index (χ4n) is 2.11. The SMILES string of the molecule is CC.O=S(=O)(NC1CCCCC1)c1ccccc1. The van der Waals surface area contributed by atoms with Gasteiger partial charge in [0.2, 0.25) is 10.0 Å². The van der Waals surface area contributed by atoms with Gasteiger partial charge in [-0.15, -0.1) is 0 Å². The molecule has 18 heavy (non-hydrogen) atoms. The van der Waals surface area contributed by atoms with Crippen molar-refractivity contribution in [3.63, 3.8) is 0 Å². The topological polar surface area (TPSA) is 46.2 Å². The minimum absolute atomic E-state index is 0.124. The highest BCUT2D eigenvalue weighted by atomic mass is 32.2. The molecule has 0 heterocycles. The second-order valence-electron chi connectivity index (χ2n) is 4.27. The number of hydrogen-bond acceptors (Lipinski definition) is 2. The summed E-state index contributed by atoms with van der Waals surface area (Å²) >= 11 is 0. The van der Waals surface area contributed by atoms with Crippen molar-refractivity contribution in [2.24, 2.45) is 0 Å². The van der Waals surface area contributed by atoms with Crippen LogP contribution in [0.15, 0.2) is 35.2 Å². The van der Waals surface area contributed by atoms with Crippen LogP contribution in [0.3, 0.4) is 0 Å². The van der Waals surface area contributed by atoms with Gasteiger partial charge in [0.1, 0.15) is 0 Å². The average molecular weight is 269 g/mol. The number of sulfonamides is 1. The zero-order chi connectivity index (χ0) is 13.4. The molecule has 1 aliphatic rings. The van der Waals surface area contributed by atoms with E-state index in [0.29, 0.717) is 4.90 Å². The van der Waals surface area contributed by atoms with Gasteiger partial charge < -0.3 is 0 Å². The summed E-state index contributed by atoms with van der Waals surface area (Å²) in [6.45, 7) is 4.00. The predicted molar refractivity (Wildman–Crippen MR) is 75.0 cm³/mol. The molecule has 1 aromatic carbocycles. The van der Waals surface area contributed by atoms with Crippen LogP contribution in [-0.4, -0.2) is 14.5 Å². The predicted octanol–water partition coefficient (Wildman–Crippen LogP) is 3.32. The molecule has 1 N–H and O–H groups in total. The van der Waals surface area contributed by atoms with Crippen molar-refractivity contribution in [1.29, 1.82) is 0 Å². The molecule has 1 saturated carbocycles. The van der Waals surface area contributed by atoms with Crippen molar-refractivity contribution in [3.8, 4) is 0 Å². The third kappa shape index (κ3) is 4.42. The molecular weight excluding hydrogens is 246 g/mol. The normalized spacial score (nSPS) is 16.8. The lowest BCUT2D eigenvalue weighted by atomic mass is 9.96. The third-order valence-electron chi connectivity index (χ3n) is 2.98. The van der Waals surface area contributed by atoms with Gasteiger partial charge in [0.05, 0.1) is 4.90 Å². The van der Waals surface area contributed by atoms with Gasteiger partial charge in [0.25, 0.3) is 0 Å². The van der Waals surface area contributed by atoms with Crippen molar-refractivity contribution in [1.82, 2.24) is 4.72 Å². The van der Waals surface area contributed by atoms with Crippen molar-refractivity contribution in [3.05, 3.63) is 30.3 Å². The van der Waals surface area contributed by atoms with Gasteiger partial charge in [-0.3, -0.25) is 0 Å². The molecule has 3 nitrogen and oxygen atoms in total. The Labute approximate surface area is 111 Å². The van der Waals surface area contributed by atoms with E-state index < -0.39 is 10.0 Å². The van der Waals surface area contributed by atoms with Crippen LogP contribution >= 0.6 is 0 Å². The Morgan fingerprint density at radius 1 is 1.00 bits per heavy atom. The van der Waals surface area contributed by atoms with Gasteiger partial charge >= 0.3 is 0 Å². The van der Waals surface area contributed by atoms with Crippen molar-refractivity contribution >= 4 is 10.0 Å². The molecule has 0 bridgehead atoms. The maximum absolute atomic E-state index is 12.0. The van der Waals surface area contributed by atoms with Crippen LogP contribution in [0.1, 0.15) is 46.0 Å². The maximum Gasteiger partial charge on any atom is 0.240 e. The third-order valence-corrected chi connectivity index (χ3v) is 4.52. The van der Waals surface area contributed by atoms with E-state index in [0.717, 1.165) is 25.7 Å². The second-order valence-corrected chi connectivity index (χ2v) is 5.98. The van der Waals surface area contributed by atoms with Crippen LogP contribution in [0, 0.1) is 0 Å². The van der Waals surface area contributed by atoms with E-state index in [2.05, 4.69) is 4.72 Å². The summed E-state index contributed by atoms with van der Waals surface area (Å²) in [4.78, 5) is 0.362. The number of benzene rings is 1. The molecule has 102 valence electrons. The first-order chi connectivity index (χ1) is 8.68. The molecule has 0 aliphatic heterocycles. The van der Waals surface area contributed by atoms with Gasteiger partial charge in [-0.05, 0) is 25.0 Å². The van der Waals surface area contributed by atoms with Gasteiger partial charge in [0, 0.05) is 6.04 Å². The summed E-state index contributed by atoms with van der Waals surface area (Å²) in [5, 5.41) is 0. The molecule has 0 atom stereocenters. The first-order valence-electron chi connectivity index (χ1n) is 6.76. The molecule has 1 aliphatic carbocycles. The quantitative estimate of drug-likeness (QED) is 0.915. The van der Waals surface area contributed by atoms with E-state index >= 15 is 0 Å². The molecule has 1 fully saturated rings. The molecule has 4 heteroatoms. The first kappa shape index (κ1) is 15.2. The summed E-state index contributed by atoms with van der Waals surface area (Å²) in [5.74, 6) is 0. The van der Waals surface area contributed by atoms with Gasteiger partial charge in [-0.1, -0.05) is 51.3 Å². The zero-order valence-corrected chi connectivity index (χ0v) is 12.0. The van der Waals surface area contributed by atoms with Gasteiger partial charge in [-0.2, -0.15) is 0 Å². The number of hydrogen-bond donors (Lipinski definition) is 1.